The number of hydrogen-bond donors (Lipinski definition) is 1. The summed E-state index contributed by atoms with van der Waals surface area (Å²) in [6, 6.07) is 24.5. The summed E-state index contributed by atoms with van der Waals surface area (Å²) in [5.41, 5.74) is 4.24. The van der Waals surface area contributed by atoms with Gasteiger partial charge in [-0.3, -0.25) is 4.79 Å². The lowest BCUT2D eigenvalue weighted by Crippen LogP contribution is -2.24. The summed E-state index contributed by atoms with van der Waals surface area (Å²) in [5, 5.41) is 3.96. The van der Waals surface area contributed by atoms with Crippen LogP contribution >= 0.6 is 0 Å². The van der Waals surface area contributed by atoms with E-state index in [1.807, 2.05) is 85.8 Å². The van der Waals surface area contributed by atoms with Gasteiger partial charge in [0.05, 0.1) is 6.21 Å². The van der Waals surface area contributed by atoms with Crippen LogP contribution in [-0.4, -0.2) is 18.7 Å². The monoisotopic (exact) mass is 360 g/mol. The minimum atomic E-state index is -0.328. The molecule has 0 aromatic heterocycles. The quantitative estimate of drug-likeness (QED) is 0.504. The molecule has 0 radical (unpaired) electrons. The van der Waals surface area contributed by atoms with E-state index in [-0.39, 0.29) is 12.5 Å². The third kappa shape index (κ3) is 5.71. The average molecular weight is 360 g/mol. The molecule has 0 spiro atoms. The Bertz CT molecular complexity index is 924. The van der Waals surface area contributed by atoms with Crippen molar-refractivity contribution in [2.75, 3.05) is 6.61 Å². The zero-order valence-corrected chi connectivity index (χ0v) is 15.0. The van der Waals surface area contributed by atoms with Crippen molar-refractivity contribution in [2.45, 2.75) is 6.92 Å². The summed E-state index contributed by atoms with van der Waals surface area (Å²) in [7, 11) is 0. The van der Waals surface area contributed by atoms with E-state index in [0.29, 0.717) is 11.5 Å². The third-order valence-electron chi connectivity index (χ3n) is 3.69. The maximum absolute atomic E-state index is 11.9. The van der Waals surface area contributed by atoms with Crippen molar-refractivity contribution >= 4 is 12.1 Å². The highest BCUT2D eigenvalue weighted by atomic mass is 16.5. The smallest absolute Gasteiger partial charge is 0.277 e. The van der Waals surface area contributed by atoms with Crippen LogP contribution in [0.15, 0.2) is 84.0 Å². The van der Waals surface area contributed by atoms with E-state index < -0.39 is 0 Å². The highest BCUT2D eigenvalue weighted by Gasteiger charge is 2.03. The van der Waals surface area contributed by atoms with Crippen LogP contribution in [0.1, 0.15) is 11.1 Å². The van der Waals surface area contributed by atoms with E-state index in [4.69, 9.17) is 9.47 Å². The summed E-state index contributed by atoms with van der Waals surface area (Å²) < 4.78 is 11.3. The molecule has 5 heteroatoms. The van der Waals surface area contributed by atoms with Crippen LogP contribution in [0.25, 0.3) is 0 Å². The summed E-state index contributed by atoms with van der Waals surface area (Å²) >= 11 is 0. The molecule has 0 atom stereocenters. The number of carbonyl (C=O) groups is 1. The predicted molar refractivity (Wildman–Crippen MR) is 105 cm³/mol. The lowest BCUT2D eigenvalue weighted by atomic mass is 10.2. The Morgan fingerprint density at radius 2 is 1.70 bits per heavy atom. The molecule has 5 nitrogen and oxygen atoms in total. The van der Waals surface area contributed by atoms with Gasteiger partial charge in [-0.1, -0.05) is 48.5 Å². The van der Waals surface area contributed by atoms with E-state index in [9.17, 15) is 4.79 Å². The van der Waals surface area contributed by atoms with Gasteiger partial charge < -0.3 is 9.47 Å². The number of nitrogens with zero attached hydrogens (tertiary/aromatic N) is 1. The average Bonchev–Trinajstić information content (AvgIpc) is 2.68. The van der Waals surface area contributed by atoms with Crippen LogP contribution in [0.4, 0.5) is 0 Å². The second-order valence-electron chi connectivity index (χ2n) is 5.83. The van der Waals surface area contributed by atoms with E-state index in [1.54, 1.807) is 6.21 Å². The zero-order chi connectivity index (χ0) is 18.9. The van der Waals surface area contributed by atoms with E-state index >= 15 is 0 Å². The second kappa shape index (κ2) is 9.20. The summed E-state index contributed by atoms with van der Waals surface area (Å²) in [4.78, 5) is 11.9. The van der Waals surface area contributed by atoms with Gasteiger partial charge in [0, 0.05) is 0 Å². The van der Waals surface area contributed by atoms with Crippen molar-refractivity contribution in [2.24, 2.45) is 5.10 Å². The van der Waals surface area contributed by atoms with E-state index in [1.165, 1.54) is 0 Å². The fourth-order valence-corrected chi connectivity index (χ4v) is 2.36. The van der Waals surface area contributed by atoms with Crippen molar-refractivity contribution in [3.8, 4) is 17.2 Å². The molecular formula is C22H20N2O3. The first-order valence-electron chi connectivity index (χ1n) is 8.54. The Balaban J connectivity index is 1.51. The fraction of sp³-hybridized carbons (Fsp3) is 0.0909. The Kier molecular flexibility index (Phi) is 6.20. The fourth-order valence-electron chi connectivity index (χ4n) is 2.36. The Morgan fingerprint density at radius 3 is 2.52 bits per heavy atom. The van der Waals surface area contributed by atoms with Crippen LogP contribution < -0.4 is 14.9 Å². The number of para-hydroxylation sites is 2. The maximum atomic E-state index is 11.9. The Morgan fingerprint density at radius 1 is 0.963 bits per heavy atom. The lowest BCUT2D eigenvalue weighted by molar-refractivity contribution is -0.123. The van der Waals surface area contributed by atoms with Gasteiger partial charge in [0.2, 0.25) is 0 Å². The largest absolute Gasteiger partial charge is 0.483 e. The molecule has 0 aliphatic carbocycles. The lowest BCUT2D eigenvalue weighted by Gasteiger charge is -2.07. The first-order valence-corrected chi connectivity index (χ1v) is 8.54. The molecule has 3 rings (SSSR count). The van der Waals surface area contributed by atoms with Crippen molar-refractivity contribution in [3.05, 3.63) is 90.0 Å². The SMILES string of the molecule is Cc1ccccc1OCC(=O)NN=Cc1cccc(Oc2ccccc2)c1. The second-order valence-corrected chi connectivity index (χ2v) is 5.83. The van der Waals surface area contributed by atoms with Gasteiger partial charge in [-0.05, 0) is 48.4 Å². The predicted octanol–water partition coefficient (Wildman–Crippen LogP) is 4.32. The highest BCUT2D eigenvalue weighted by Crippen LogP contribution is 2.21. The molecular weight excluding hydrogens is 340 g/mol. The van der Waals surface area contributed by atoms with Crippen LogP contribution in [0.3, 0.4) is 0 Å². The summed E-state index contributed by atoms with van der Waals surface area (Å²) in [6.07, 6.45) is 1.56. The molecule has 0 bridgehead atoms. The van der Waals surface area contributed by atoms with Gasteiger partial charge in [-0.25, -0.2) is 5.43 Å². The number of nitrogens with one attached hydrogen (secondary N) is 1. The van der Waals surface area contributed by atoms with Crippen molar-refractivity contribution in [3.63, 3.8) is 0 Å². The number of aryl methyl sites for hydroxylation is 1. The number of amides is 1. The van der Waals surface area contributed by atoms with Gasteiger partial charge in [0.1, 0.15) is 17.2 Å². The molecule has 0 aliphatic rings. The Hall–Kier alpha value is -3.60. The molecule has 0 saturated carbocycles. The van der Waals surface area contributed by atoms with Gasteiger partial charge in [-0.2, -0.15) is 5.10 Å². The zero-order valence-electron chi connectivity index (χ0n) is 15.0. The molecule has 27 heavy (non-hydrogen) atoms. The first-order chi connectivity index (χ1) is 13.2. The first kappa shape index (κ1) is 18.2. The van der Waals surface area contributed by atoms with Crippen molar-refractivity contribution in [1.82, 2.24) is 5.43 Å². The van der Waals surface area contributed by atoms with Crippen molar-refractivity contribution < 1.29 is 14.3 Å². The molecule has 0 unspecified atom stereocenters. The molecule has 0 saturated heterocycles. The number of benzene rings is 3. The van der Waals surface area contributed by atoms with E-state index in [0.717, 1.165) is 16.9 Å². The minimum Gasteiger partial charge on any atom is -0.483 e. The van der Waals surface area contributed by atoms with Gasteiger partial charge in [0.15, 0.2) is 6.61 Å². The molecule has 3 aromatic carbocycles. The number of ether oxygens (including phenoxy) is 2. The van der Waals surface area contributed by atoms with Crippen LogP contribution in [0.5, 0.6) is 17.2 Å². The van der Waals surface area contributed by atoms with Crippen LogP contribution in [0.2, 0.25) is 0 Å². The minimum absolute atomic E-state index is 0.0979. The number of rotatable bonds is 7. The number of carbonyl (C=O) groups excluding carboxylic acids is 1. The van der Waals surface area contributed by atoms with Gasteiger partial charge >= 0.3 is 0 Å². The normalized spacial score (nSPS) is 10.6. The molecule has 1 N–H and O–H groups in total. The third-order valence-corrected chi connectivity index (χ3v) is 3.69. The molecule has 1 amide bonds. The standard InChI is InChI=1S/C22H20N2O3/c1-17-8-5-6-13-21(17)26-16-22(25)24-23-15-18-9-7-12-20(14-18)27-19-10-3-2-4-11-19/h2-15H,16H2,1H3,(H,24,25). The Labute approximate surface area is 158 Å². The maximum Gasteiger partial charge on any atom is 0.277 e. The summed E-state index contributed by atoms with van der Waals surface area (Å²) in [6.45, 7) is 1.83. The molecule has 0 aliphatic heterocycles. The van der Waals surface area contributed by atoms with Crippen LogP contribution in [-0.2, 0) is 4.79 Å². The summed E-state index contributed by atoms with van der Waals surface area (Å²) in [5.74, 6) is 1.81. The topological polar surface area (TPSA) is 59.9 Å². The molecule has 136 valence electrons. The van der Waals surface area contributed by atoms with Crippen LogP contribution in [0, 0.1) is 6.92 Å². The molecule has 0 heterocycles. The molecule has 0 fully saturated rings. The van der Waals surface area contributed by atoms with Gasteiger partial charge in [-0.15, -0.1) is 0 Å². The number of hydrazone groups is 1. The van der Waals surface area contributed by atoms with E-state index in [2.05, 4.69) is 10.5 Å². The van der Waals surface area contributed by atoms with Crippen molar-refractivity contribution in [1.29, 1.82) is 0 Å². The molecule has 3 aromatic rings. The number of hydrogen-bond acceptors (Lipinski definition) is 4. The highest BCUT2D eigenvalue weighted by molar-refractivity contribution is 5.83. The van der Waals surface area contributed by atoms with Gasteiger partial charge in [0.25, 0.3) is 5.91 Å².